The van der Waals surface area contributed by atoms with E-state index in [9.17, 15) is 30.6 Å². The van der Waals surface area contributed by atoms with Crippen LogP contribution in [0.3, 0.4) is 0 Å². The number of hydrogen-bond donors (Lipinski definition) is 6. The van der Waals surface area contributed by atoms with Gasteiger partial charge in [0.2, 0.25) is 0 Å². The molecule has 0 amide bonds. The molecule has 2 aliphatic heterocycles. The van der Waals surface area contributed by atoms with Crippen LogP contribution >= 0.6 is 0 Å². The minimum absolute atomic E-state index is 0.804. The Morgan fingerprint density at radius 1 is 0.667 bits per heavy atom. The van der Waals surface area contributed by atoms with Crippen molar-refractivity contribution in [3.63, 3.8) is 0 Å². The number of aliphatic hydroxyl groups excluding tert-OH is 6. The molecule has 2 saturated heterocycles. The van der Waals surface area contributed by atoms with Gasteiger partial charge in [0.05, 0.1) is 12.2 Å². The van der Waals surface area contributed by atoms with E-state index in [1.165, 1.54) is 13.8 Å². The van der Waals surface area contributed by atoms with Gasteiger partial charge in [0.1, 0.15) is 36.6 Å². The minimum Gasteiger partial charge on any atom is -0.388 e. The first-order valence-corrected chi connectivity index (χ1v) is 6.78. The molecule has 9 heteroatoms. The minimum atomic E-state index is -1.56. The van der Waals surface area contributed by atoms with E-state index in [1.807, 2.05) is 0 Å². The second-order valence-electron chi connectivity index (χ2n) is 5.50. The third-order valence-corrected chi connectivity index (χ3v) is 3.90. The first-order chi connectivity index (χ1) is 9.73. The predicted octanol–water partition coefficient (Wildman–Crippen LogP) is -3.34. The van der Waals surface area contributed by atoms with Crippen LogP contribution < -0.4 is 0 Å². The first kappa shape index (κ1) is 17.0. The maximum atomic E-state index is 9.96. The van der Waals surface area contributed by atoms with Gasteiger partial charge in [-0.15, -0.1) is 0 Å². The van der Waals surface area contributed by atoms with Gasteiger partial charge in [-0.25, -0.2) is 0 Å². The summed E-state index contributed by atoms with van der Waals surface area (Å²) in [5.41, 5.74) is 0. The van der Waals surface area contributed by atoms with Crippen molar-refractivity contribution >= 4 is 0 Å². The van der Waals surface area contributed by atoms with Gasteiger partial charge in [0.15, 0.2) is 12.6 Å². The van der Waals surface area contributed by atoms with Crippen molar-refractivity contribution in [2.24, 2.45) is 0 Å². The Kier molecular flexibility index (Phi) is 5.19. The fraction of sp³-hybridized carbons (Fsp3) is 1.00. The van der Waals surface area contributed by atoms with Crippen LogP contribution in [0.1, 0.15) is 13.8 Å². The summed E-state index contributed by atoms with van der Waals surface area (Å²) in [6.07, 6.45) is -13.0. The Balaban J connectivity index is 2.08. The lowest BCUT2D eigenvalue weighted by Gasteiger charge is -2.44. The van der Waals surface area contributed by atoms with E-state index >= 15 is 0 Å². The summed E-state index contributed by atoms with van der Waals surface area (Å²) in [4.78, 5) is 0. The van der Waals surface area contributed by atoms with Crippen LogP contribution in [-0.4, -0.2) is 92.1 Å². The predicted molar refractivity (Wildman–Crippen MR) is 65.8 cm³/mol. The molecule has 0 spiro atoms. The third-order valence-electron chi connectivity index (χ3n) is 3.90. The fourth-order valence-electron chi connectivity index (χ4n) is 2.45. The normalized spacial score (nSPS) is 55.4. The van der Waals surface area contributed by atoms with Crippen molar-refractivity contribution in [1.82, 2.24) is 0 Å². The maximum absolute atomic E-state index is 9.96. The molecule has 0 aromatic rings. The molecule has 0 aromatic carbocycles. The lowest BCUT2D eigenvalue weighted by molar-refractivity contribution is -0.349. The highest BCUT2D eigenvalue weighted by molar-refractivity contribution is 4.92. The largest absolute Gasteiger partial charge is 0.388 e. The van der Waals surface area contributed by atoms with Crippen molar-refractivity contribution in [2.75, 3.05) is 0 Å². The Labute approximate surface area is 121 Å². The van der Waals surface area contributed by atoms with E-state index in [2.05, 4.69) is 0 Å². The lowest BCUT2D eigenvalue weighted by atomic mass is 9.97. The zero-order valence-electron chi connectivity index (χ0n) is 11.7. The molecule has 9 nitrogen and oxygen atoms in total. The van der Waals surface area contributed by atoms with Gasteiger partial charge in [0, 0.05) is 0 Å². The highest BCUT2D eigenvalue weighted by Crippen LogP contribution is 2.28. The molecule has 21 heavy (non-hydrogen) atoms. The van der Waals surface area contributed by atoms with Crippen molar-refractivity contribution in [1.29, 1.82) is 0 Å². The summed E-state index contributed by atoms with van der Waals surface area (Å²) in [5, 5.41) is 58.4. The lowest BCUT2D eigenvalue weighted by Crippen LogP contribution is -2.63. The summed E-state index contributed by atoms with van der Waals surface area (Å²) in [7, 11) is 0. The molecule has 2 fully saturated rings. The Morgan fingerprint density at radius 3 is 1.86 bits per heavy atom. The summed E-state index contributed by atoms with van der Waals surface area (Å²) < 4.78 is 15.4. The smallest absolute Gasteiger partial charge is 0.187 e. The topological polar surface area (TPSA) is 149 Å². The Bertz CT molecular complexity index is 340. The monoisotopic (exact) mass is 310 g/mol. The number of ether oxygens (including phenoxy) is 3. The van der Waals surface area contributed by atoms with Crippen LogP contribution in [0.5, 0.6) is 0 Å². The average molecular weight is 310 g/mol. The summed E-state index contributed by atoms with van der Waals surface area (Å²) in [6, 6.07) is 0. The molecule has 0 aliphatic carbocycles. The Morgan fingerprint density at radius 2 is 1.24 bits per heavy atom. The molecule has 0 bridgehead atoms. The summed E-state index contributed by atoms with van der Waals surface area (Å²) in [6.45, 7) is 2.96. The molecule has 0 aromatic heterocycles. The SMILES string of the molecule is C[C@@H]1O[C@H](O[C@@H]2[C@@H](O)[C@H](C)OC(O)[C@@H]2O)[C@H](O)[C@H](O)[C@H]1O. The zero-order chi connectivity index (χ0) is 15.9. The van der Waals surface area contributed by atoms with E-state index in [1.54, 1.807) is 0 Å². The van der Waals surface area contributed by atoms with E-state index in [0.717, 1.165) is 0 Å². The van der Waals surface area contributed by atoms with Crippen molar-refractivity contribution in [3.8, 4) is 0 Å². The van der Waals surface area contributed by atoms with Gasteiger partial charge in [0.25, 0.3) is 0 Å². The quantitative estimate of drug-likeness (QED) is 0.308. The number of aliphatic hydroxyl groups is 6. The molecular formula is C12H22O9. The third kappa shape index (κ3) is 3.21. The molecular weight excluding hydrogens is 288 g/mol. The van der Waals surface area contributed by atoms with Crippen LogP contribution in [-0.2, 0) is 14.2 Å². The fourth-order valence-corrected chi connectivity index (χ4v) is 2.45. The summed E-state index contributed by atoms with van der Waals surface area (Å²) in [5.74, 6) is 0. The van der Waals surface area contributed by atoms with E-state index in [-0.39, 0.29) is 0 Å². The molecule has 10 atom stereocenters. The van der Waals surface area contributed by atoms with E-state index in [0.29, 0.717) is 0 Å². The molecule has 0 saturated carbocycles. The Hall–Kier alpha value is -0.360. The van der Waals surface area contributed by atoms with Gasteiger partial charge in [-0.1, -0.05) is 0 Å². The van der Waals surface area contributed by atoms with Crippen LogP contribution in [0.4, 0.5) is 0 Å². The van der Waals surface area contributed by atoms with Crippen molar-refractivity contribution < 1.29 is 44.8 Å². The molecule has 2 aliphatic rings. The number of rotatable bonds is 2. The first-order valence-electron chi connectivity index (χ1n) is 6.78. The van der Waals surface area contributed by atoms with Gasteiger partial charge in [-0.05, 0) is 13.8 Å². The maximum Gasteiger partial charge on any atom is 0.187 e. The number of hydrogen-bond acceptors (Lipinski definition) is 9. The van der Waals surface area contributed by atoms with Gasteiger partial charge in [-0.2, -0.15) is 0 Å². The van der Waals surface area contributed by atoms with Crippen LogP contribution in [0, 0.1) is 0 Å². The van der Waals surface area contributed by atoms with Crippen molar-refractivity contribution in [3.05, 3.63) is 0 Å². The molecule has 6 N–H and O–H groups in total. The van der Waals surface area contributed by atoms with Crippen molar-refractivity contribution in [2.45, 2.75) is 75.3 Å². The highest BCUT2D eigenvalue weighted by Gasteiger charge is 2.48. The van der Waals surface area contributed by atoms with Gasteiger partial charge < -0.3 is 44.8 Å². The molecule has 2 heterocycles. The van der Waals surface area contributed by atoms with Gasteiger partial charge in [-0.3, -0.25) is 0 Å². The van der Waals surface area contributed by atoms with Crippen LogP contribution in [0.2, 0.25) is 0 Å². The average Bonchev–Trinajstić information content (AvgIpc) is 2.44. The molecule has 1 unspecified atom stereocenters. The zero-order valence-corrected chi connectivity index (χ0v) is 11.7. The van der Waals surface area contributed by atoms with E-state index < -0.39 is 61.4 Å². The second-order valence-corrected chi connectivity index (χ2v) is 5.50. The molecule has 0 radical (unpaired) electrons. The van der Waals surface area contributed by atoms with Crippen LogP contribution in [0.15, 0.2) is 0 Å². The molecule has 124 valence electrons. The molecule has 2 rings (SSSR count). The standard InChI is InChI=1S/C12H22O9/c1-3-5(13)7(15)8(16)12(20-3)21-10-6(14)4(2)19-11(18)9(10)17/h3-18H,1-2H3/t3-,4-,5-,6-,7+,8+,9+,10+,11?,12+/m0/s1. The van der Waals surface area contributed by atoms with Crippen LogP contribution in [0.25, 0.3) is 0 Å². The van der Waals surface area contributed by atoms with Gasteiger partial charge >= 0.3 is 0 Å². The van der Waals surface area contributed by atoms with E-state index in [4.69, 9.17) is 14.2 Å². The summed E-state index contributed by atoms with van der Waals surface area (Å²) >= 11 is 0. The second kappa shape index (κ2) is 6.41. The highest BCUT2D eigenvalue weighted by atomic mass is 16.7.